The molecule has 0 bridgehead atoms. The van der Waals surface area contributed by atoms with E-state index in [1.807, 2.05) is 46.4 Å². The number of nitrogens with one attached hydrogen (secondary N) is 2. The lowest BCUT2D eigenvalue weighted by Crippen LogP contribution is -2.56. The molecule has 1 aliphatic heterocycles. The van der Waals surface area contributed by atoms with Crippen LogP contribution in [0, 0.1) is 13.8 Å². The Kier molecular flexibility index (Phi) is 6.21. The van der Waals surface area contributed by atoms with Crippen LogP contribution in [0.15, 0.2) is 0 Å². The van der Waals surface area contributed by atoms with Crippen LogP contribution in [0.2, 0.25) is 0 Å². The third kappa shape index (κ3) is 4.39. The van der Waals surface area contributed by atoms with Crippen molar-refractivity contribution in [3.8, 4) is 0 Å². The van der Waals surface area contributed by atoms with Gasteiger partial charge in [0, 0.05) is 43.5 Å². The molecule has 0 aliphatic carbocycles. The maximum atomic E-state index is 12.8. The smallest absolute Gasteiger partial charge is 0.237 e. The van der Waals surface area contributed by atoms with Crippen LogP contribution in [0.25, 0.3) is 0 Å². The SMILES string of the molecule is Cc1n[nH]c(C)c1[C@@H](C)C(=O)N1CCN([C@H](C)C(=O)NC(C)C)CC1. The molecule has 2 amide bonds. The number of rotatable bonds is 5. The lowest BCUT2D eigenvalue weighted by atomic mass is 9.97. The van der Waals surface area contributed by atoms with E-state index in [0.717, 1.165) is 17.0 Å². The molecule has 140 valence electrons. The summed E-state index contributed by atoms with van der Waals surface area (Å²) in [6.45, 7) is 14.4. The molecule has 0 spiro atoms. The molecular formula is C18H31N5O2. The number of piperazine rings is 1. The summed E-state index contributed by atoms with van der Waals surface area (Å²) in [5, 5.41) is 10.1. The molecule has 2 atom stereocenters. The van der Waals surface area contributed by atoms with Gasteiger partial charge in [0.2, 0.25) is 11.8 Å². The van der Waals surface area contributed by atoms with Crippen molar-refractivity contribution < 1.29 is 9.59 Å². The summed E-state index contributed by atoms with van der Waals surface area (Å²) in [5.74, 6) is -0.0220. The fraction of sp³-hybridized carbons (Fsp3) is 0.722. The van der Waals surface area contributed by atoms with Crippen LogP contribution in [0.4, 0.5) is 0 Å². The van der Waals surface area contributed by atoms with Crippen LogP contribution in [0.5, 0.6) is 0 Å². The quantitative estimate of drug-likeness (QED) is 0.837. The Bertz CT molecular complexity index is 597. The van der Waals surface area contributed by atoms with Crippen LogP contribution in [-0.2, 0) is 9.59 Å². The van der Waals surface area contributed by atoms with Crippen molar-refractivity contribution in [3.05, 3.63) is 17.0 Å². The van der Waals surface area contributed by atoms with E-state index in [-0.39, 0.29) is 29.8 Å². The van der Waals surface area contributed by atoms with Crippen molar-refractivity contribution in [3.63, 3.8) is 0 Å². The van der Waals surface area contributed by atoms with Crippen LogP contribution in [0.1, 0.15) is 50.6 Å². The number of H-pyrrole nitrogens is 1. The predicted octanol–water partition coefficient (Wildman–Crippen LogP) is 1.19. The summed E-state index contributed by atoms with van der Waals surface area (Å²) in [4.78, 5) is 29.0. The molecule has 7 nitrogen and oxygen atoms in total. The first-order valence-electron chi connectivity index (χ1n) is 9.07. The molecule has 1 aromatic heterocycles. The molecule has 7 heteroatoms. The lowest BCUT2D eigenvalue weighted by Gasteiger charge is -2.38. The van der Waals surface area contributed by atoms with Crippen molar-refractivity contribution in [2.45, 2.75) is 59.5 Å². The molecule has 25 heavy (non-hydrogen) atoms. The highest BCUT2D eigenvalue weighted by atomic mass is 16.2. The van der Waals surface area contributed by atoms with Gasteiger partial charge in [-0.3, -0.25) is 19.6 Å². The summed E-state index contributed by atoms with van der Waals surface area (Å²) < 4.78 is 0. The Labute approximate surface area is 150 Å². The molecule has 0 radical (unpaired) electrons. The Hall–Kier alpha value is -1.89. The topological polar surface area (TPSA) is 81.3 Å². The predicted molar refractivity (Wildman–Crippen MR) is 97.4 cm³/mol. The Balaban J connectivity index is 1.93. The number of carbonyl (C=O) groups excluding carboxylic acids is 2. The number of aromatic nitrogens is 2. The molecule has 2 N–H and O–H groups in total. The van der Waals surface area contributed by atoms with Gasteiger partial charge in [-0.15, -0.1) is 0 Å². The largest absolute Gasteiger partial charge is 0.353 e. The van der Waals surface area contributed by atoms with Crippen LogP contribution in [0.3, 0.4) is 0 Å². The third-order valence-electron chi connectivity index (χ3n) is 4.97. The van der Waals surface area contributed by atoms with Gasteiger partial charge < -0.3 is 10.2 Å². The van der Waals surface area contributed by atoms with Crippen molar-refractivity contribution in [1.29, 1.82) is 0 Å². The zero-order chi connectivity index (χ0) is 18.7. The first-order valence-corrected chi connectivity index (χ1v) is 9.07. The number of hydrogen-bond donors (Lipinski definition) is 2. The second-order valence-electron chi connectivity index (χ2n) is 7.27. The van der Waals surface area contributed by atoms with Crippen molar-refractivity contribution >= 4 is 11.8 Å². The summed E-state index contributed by atoms with van der Waals surface area (Å²) >= 11 is 0. The molecule has 1 fully saturated rings. The zero-order valence-electron chi connectivity index (χ0n) is 16.2. The van der Waals surface area contributed by atoms with Gasteiger partial charge in [-0.2, -0.15) is 5.10 Å². The Morgan fingerprint density at radius 1 is 1.08 bits per heavy atom. The number of carbonyl (C=O) groups is 2. The summed E-state index contributed by atoms with van der Waals surface area (Å²) in [6.07, 6.45) is 0. The molecular weight excluding hydrogens is 318 g/mol. The Morgan fingerprint density at radius 2 is 1.68 bits per heavy atom. The molecule has 2 rings (SSSR count). The number of aromatic amines is 1. The fourth-order valence-corrected chi connectivity index (χ4v) is 3.50. The third-order valence-corrected chi connectivity index (χ3v) is 4.97. The van der Waals surface area contributed by atoms with Gasteiger partial charge in [0.1, 0.15) is 0 Å². The van der Waals surface area contributed by atoms with Gasteiger partial charge in [-0.25, -0.2) is 0 Å². The zero-order valence-corrected chi connectivity index (χ0v) is 16.2. The Morgan fingerprint density at radius 3 is 2.16 bits per heavy atom. The number of aryl methyl sites for hydroxylation is 2. The highest BCUT2D eigenvalue weighted by molar-refractivity contribution is 5.84. The van der Waals surface area contributed by atoms with Gasteiger partial charge in [-0.1, -0.05) is 0 Å². The van der Waals surface area contributed by atoms with E-state index in [9.17, 15) is 9.59 Å². The normalized spacial score (nSPS) is 18.3. The van der Waals surface area contributed by atoms with E-state index >= 15 is 0 Å². The second-order valence-corrected chi connectivity index (χ2v) is 7.27. The summed E-state index contributed by atoms with van der Waals surface area (Å²) in [6, 6.07) is -0.0319. The molecule has 0 unspecified atom stereocenters. The first kappa shape index (κ1) is 19.4. The van der Waals surface area contributed by atoms with E-state index in [1.165, 1.54) is 0 Å². The highest BCUT2D eigenvalue weighted by Gasteiger charge is 2.31. The number of amides is 2. The lowest BCUT2D eigenvalue weighted by molar-refractivity contribution is -0.135. The molecule has 1 aromatic rings. The number of hydrogen-bond acceptors (Lipinski definition) is 4. The van der Waals surface area contributed by atoms with Crippen molar-refractivity contribution in [2.24, 2.45) is 0 Å². The molecule has 0 aromatic carbocycles. The fourth-order valence-electron chi connectivity index (χ4n) is 3.50. The minimum absolute atomic E-state index is 0.0489. The highest BCUT2D eigenvalue weighted by Crippen LogP contribution is 2.24. The first-order chi connectivity index (χ1) is 11.7. The maximum Gasteiger partial charge on any atom is 0.237 e. The standard InChI is InChI=1S/C18H31N5O2/c1-11(2)19-17(24)15(6)22-7-9-23(10-8-22)18(25)12(3)16-13(4)20-21-14(16)5/h11-12,15H,7-10H2,1-6H3,(H,19,24)(H,20,21)/t12-,15-/m1/s1. The van der Waals surface area contributed by atoms with Crippen LogP contribution < -0.4 is 5.32 Å². The van der Waals surface area contributed by atoms with Crippen molar-refractivity contribution in [2.75, 3.05) is 26.2 Å². The average molecular weight is 349 g/mol. The molecule has 1 aliphatic rings. The van der Waals surface area contributed by atoms with E-state index in [0.29, 0.717) is 26.2 Å². The molecule has 0 saturated carbocycles. The van der Waals surface area contributed by atoms with E-state index in [2.05, 4.69) is 20.4 Å². The van der Waals surface area contributed by atoms with Crippen LogP contribution >= 0.6 is 0 Å². The monoisotopic (exact) mass is 349 g/mol. The molecule has 2 heterocycles. The van der Waals surface area contributed by atoms with Gasteiger partial charge in [0.15, 0.2) is 0 Å². The minimum atomic E-state index is -0.202. The van der Waals surface area contributed by atoms with Crippen LogP contribution in [-0.4, -0.2) is 70.1 Å². The number of nitrogens with zero attached hydrogens (tertiary/aromatic N) is 3. The van der Waals surface area contributed by atoms with Gasteiger partial charge in [-0.05, 0) is 41.5 Å². The van der Waals surface area contributed by atoms with E-state index < -0.39 is 0 Å². The average Bonchev–Trinajstić information content (AvgIpc) is 2.91. The van der Waals surface area contributed by atoms with Gasteiger partial charge >= 0.3 is 0 Å². The van der Waals surface area contributed by atoms with Crippen molar-refractivity contribution in [1.82, 2.24) is 25.3 Å². The summed E-state index contributed by atoms with van der Waals surface area (Å²) in [7, 11) is 0. The summed E-state index contributed by atoms with van der Waals surface area (Å²) in [5.41, 5.74) is 2.84. The van der Waals surface area contributed by atoms with Gasteiger partial charge in [0.25, 0.3) is 0 Å². The second kappa shape index (κ2) is 7.99. The van der Waals surface area contributed by atoms with E-state index in [1.54, 1.807) is 0 Å². The minimum Gasteiger partial charge on any atom is -0.353 e. The maximum absolute atomic E-state index is 12.8. The van der Waals surface area contributed by atoms with E-state index in [4.69, 9.17) is 0 Å². The molecule has 1 saturated heterocycles. The van der Waals surface area contributed by atoms with Gasteiger partial charge in [0.05, 0.1) is 17.7 Å².